The fraction of sp³-hybridized carbons (Fsp3) is 0.312. The Balaban J connectivity index is 1.77. The van der Waals surface area contributed by atoms with Crippen LogP contribution in [0, 0.1) is 0 Å². The molecule has 0 atom stereocenters. The van der Waals surface area contributed by atoms with Gasteiger partial charge in [0.25, 0.3) is 5.91 Å². The summed E-state index contributed by atoms with van der Waals surface area (Å²) >= 11 is 0. The first-order chi connectivity index (χ1) is 10.7. The third-order valence-electron chi connectivity index (χ3n) is 3.82. The summed E-state index contributed by atoms with van der Waals surface area (Å²) in [5.74, 6) is 0.110. The summed E-state index contributed by atoms with van der Waals surface area (Å²) in [7, 11) is 0. The molecule has 0 N–H and O–H groups in total. The average molecular weight is 299 g/mol. The molecule has 2 aromatic rings. The maximum absolute atomic E-state index is 12.6. The van der Waals surface area contributed by atoms with Gasteiger partial charge in [-0.2, -0.15) is 0 Å². The van der Waals surface area contributed by atoms with Crippen LogP contribution in [0.3, 0.4) is 0 Å². The fourth-order valence-electron chi connectivity index (χ4n) is 2.57. The largest absolute Gasteiger partial charge is 0.438 e. The van der Waals surface area contributed by atoms with Crippen molar-refractivity contribution in [2.75, 3.05) is 26.2 Å². The predicted molar refractivity (Wildman–Crippen MR) is 80.1 cm³/mol. The minimum atomic E-state index is -0.181. The van der Waals surface area contributed by atoms with Crippen molar-refractivity contribution in [2.24, 2.45) is 0 Å². The second kappa shape index (κ2) is 6.01. The third-order valence-corrected chi connectivity index (χ3v) is 3.82. The maximum Gasteiger partial charge on any atom is 0.292 e. The van der Waals surface area contributed by atoms with Crippen LogP contribution in [0.4, 0.5) is 0 Å². The topological polar surface area (TPSA) is 66.7 Å². The van der Waals surface area contributed by atoms with Crippen molar-refractivity contribution in [1.82, 2.24) is 14.8 Å². The van der Waals surface area contributed by atoms with Crippen LogP contribution in [-0.4, -0.2) is 52.8 Å². The van der Waals surface area contributed by atoms with Gasteiger partial charge in [0.2, 0.25) is 11.7 Å². The number of oxazole rings is 1. The summed E-state index contributed by atoms with van der Waals surface area (Å²) in [5.41, 5.74) is 1.40. The predicted octanol–water partition coefficient (Wildman–Crippen LogP) is 1.65. The lowest BCUT2D eigenvalue weighted by molar-refractivity contribution is -0.130. The van der Waals surface area contributed by atoms with Crippen LogP contribution in [0.2, 0.25) is 0 Å². The number of hydrogen-bond acceptors (Lipinski definition) is 4. The van der Waals surface area contributed by atoms with E-state index in [1.54, 1.807) is 16.7 Å². The molecule has 3 rings (SSSR count). The van der Waals surface area contributed by atoms with E-state index in [1.807, 2.05) is 30.3 Å². The normalized spacial score (nSPS) is 15.0. The van der Waals surface area contributed by atoms with Gasteiger partial charge in [0, 0.05) is 38.7 Å². The number of aromatic nitrogens is 1. The van der Waals surface area contributed by atoms with Crippen molar-refractivity contribution < 1.29 is 14.0 Å². The minimum absolute atomic E-state index is 0.0386. The van der Waals surface area contributed by atoms with Crippen molar-refractivity contribution >= 4 is 11.8 Å². The lowest BCUT2D eigenvalue weighted by atomic mass is 10.1. The van der Waals surface area contributed by atoms with Crippen LogP contribution < -0.4 is 0 Å². The number of piperazine rings is 1. The Labute approximate surface area is 128 Å². The van der Waals surface area contributed by atoms with Crippen LogP contribution in [0.25, 0.3) is 11.3 Å². The zero-order chi connectivity index (χ0) is 15.5. The smallest absolute Gasteiger partial charge is 0.292 e. The minimum Gasteiger partial charge on any atom is -0.438 e. The lowest BCUT2D eigenvalue weighted by Gasteiger charge is -2.33. The zero-order valence-electron chi connectivity index (χ0n) is 12.4. The number of hydrogen-bond donors (Lipinski definition) is 0. The number of benzene rings is 1. The van der Waals surface area contributed by atoms with Gasteiger partial charge < -0.3 is 14.2 Å². The molecule has 22 heavy (non-hydrogen) atoms. The van der Waals surface area contributed by atoms with Crippen molar-refractivity contribution in [3.05, 3.63) is 42.5 Å². The highest BCUT2D eigenvalue weighted by molar-refractivity contribution is 5.97. The Kier molecular flexibility index (Phi) is 3.91. The SMILES string of the molecule is CC(=O)N1CCN(C(=O)c2ocnc2-c2ccccc2)CC1. The molecule has 0 bridgehead atoms. The molecule has 0 saturated carbocycles. The highest BCUT2D eigenvalue weighted by Crippen LogP contribution is 2.23. The maximum atomic E-state index is 12.6. The molecule has 0 radical (unpaired) electrons. The number of amides is 2. The second-order valence-corrected chi connectivity index (χ2v) is 5.19. The number of nitrogens with zero attached hydrogens (tertiary/aromatic N) is 3. The van der Waals surface area contributed by atoms with Gasteiger partial charge in [-0.3, -0.25) is 9.59 Å². The summed E-state index contributed by atoms with van der Waals surface area (Å²) in [6.07, 6.45) is 1.29. The van der Waals surface area contributed by atoms with Gasteiger partial charge in [0.05, 0.1) is 0 Å². The molecule has 1 aliphatic rings. The van der Waals surface area contributed by atoms with E-state index in [0.29, 0.717) is 31.9 Å². The lowest BCUT2D eigenvalue weighted by Crippen LogP contribution is -2.50. The molecule has 2 heterocycles. The highest BCUT2D eigenvalue weighted by atomic mass is 16.3. The molecule has 1 saturated heterocycles. The quantitative estimate of drug-likeness (QED) is 0.845. The molecule has 0 spiro atoms. The molecular formula is C16H17N3O3. The van der Waals surface area contributed by atoms with Gasteiger partial charge in [-0.05, 0) is 0 Å². The van der Waals surface area contributed by atoms with Crippen LogP contribution in [0.15, 0.2) is 41.1 Å². The molecule has 0 unspecified atom stereocenters. The molecule has 6 nitrogen and oxygen atoms in total. The van der Waals surface area contributed by atoms with E-state index in [1.165, 1.54) is 6.39 Å². The van der Waals surface area contributed by atoms with E-state index in [4.69, 9.17) is 4.42 Å². The molecule has 0 aliphatic carbocycles. The first-order valence-corrected chi connectivity index (χ1v) is 7.20. The second-order valence-electron chi connectivity index (χ2n) is 5.19. The standard InChI is InChI=1S/C16H17N3O3/c1-12(20)18-7-9-19(10-8-18)16(21)15-14(17-11-22-15)13-5-3-2-4-6-13/h2-6,11H,7-10H2,1H3. The number of rotatable bonds is 2. The van der Waals surface area contributed by atoms with E-state index in [-0.39, 0.29) is 17.6 Å². The number of carbonyl (C=O) groups is 2. The Hall–Kier alpha value is -2.63. The van der Waals surface area contributed by atoms with Crippen LogP contribution in [0.5, 0.6) is 0 Å². The van der Waals surface area contributed by atoms with E-state index < -0.39 is 0 Å². The highest BCUT2D eigenvalue weighted by Gasteiger charge is 2.27. The molecule has 6 heteroatoms. The molecule has 1 aromatic carbocycles. The van der Waals surface area contributed by atoms with Crippen molar-refractivity contribution in [3.8, 4) is 11.3 Å². The Morgan fingerprint density at radius 3 is 2.32 bits per heavy atom. The number of carbonyl (C=O) groups excluding carboxylic acids is 2. The van der Waals surface area contributed by atoms with Crippen molar-refractivity contribution in [3.63, 3.8) is 0 Å². The first kappa shape index (κ1) is 14.3. The monoisotopic (exact) mass is 299 g/mol. The van der Waals surface area contributed by atoms with Crippen LogP contribution in [-0.2, 0) is 4.79 Å². The van der Waals surface area contributed by atoms with E-state index in [9.17, 15) is 9.59 Å². The Bertz CT molecular complexity index is 673. The Morgan fingerprint density at radius 2 is 1.68 bits per heavy atom. The fourth-order valence-corrected chi connectivity index (χ4v) is 2.57. The summed E-state index contributed by atoms with van der Waals surface area (Å²) in [4.78, 5) is 31.6. The van der Waals surface area contributed by atoms with Gasteiger partial charge in [-0.1, -0.05) is 30.3 Å². The Morgan fingerprint density at radius 1 is 1.05 bits per heavy atom. The van der Waals surface area contributed by atoms with Crippen molar-refractivity contribution in [1.29, 1.82) is 0 Å². The molecule has 2 amide bonds. The first-order valence-electron chi connectivity index (χ1n) is 7.20. The van der Waals surface area contributed by atoms with Gasteiger partial charge in [0.15, 0.2) is 6.39 Å². The summed E-state index contributed by atoms with van der Waals surface area (Å²) in [5, 5.41) is 0. The van der Waals surface area contributed by atoms with Crippen LogP contribution in [0.1, 0.15) is 17.5 Å². The third kappa shape index (κ3) is 2.72. The zero-order valence-corrected chi connectivity index (χ0v) is 12.4. The molecular weight excluding hydrogens is 282 g/mol. The van der Waals surface area contributed by atoms with Gasteiger partial charge in [-0.25, -0.2) is 4.98 Å². The molecule has 1 fully saturated rings. The van der Waals surface area contributed by atoms with Crippen molar-refractivity contribution in [2.45, 2.75) is 6.92 Å². The molecule has 1 aliphatic heterocycles. The molecule has 114 valence electrons. The van der Waals surface area contributed by atoms with Gasteiger partial charge in [-0.15, -0.1) is 0 Å². The average Bonchev–Trinajstić information content (AvgIpc) is 3.04. The van der Waals surface area contributed by atoms with E-state index in [0.717, 1.165) is 5.56 Å². The molecule has 1 aromatic heterocycles. The van der Waals surface area contributed by atoms with E-state index in [2.05, 4.69) is 4.98 Å². The summed E-state index contributed by atoms with van der Waals surface area (Å²) in [6, 6.07) is 9.48. The summed E-state index contributed by atoms with van der Waals surface area (Å²) in [6.45, 7) is 3.66. The van der Waals surface area contributed by atoms with Crippen LogP contribution >= 0.6 is 0 Å². The van der Waals surface area contributed by atoms with Gasteiger partial charge >= 0.3 is 0 Å². The van der Waals surface area contributed by atoms with E-state index >= 15 is 0 Å². The van der Waals surface area contributed by atoms with Gasteiger partial charge in [0.1, 0.15) is 5.69 Å². The summed E-state index contributed by atoms with van der Waals surface area (Å²) < 4.78 is 5.33.